The van der Waals surface area contributed by atoms with Crippen molar-refractivity contribution in [1.29, 1.82) is 0 Å². The summed E-state index contributed by atoms with van der Waals surface area (Å²) in [5, 5.41) is 17.2. The number of carbonyl (C=O) groups is 4. The molecule has 0 aliphatic carbocycles. The first kappa shape index (κ1) is 58.0. The van der Waals surface area contributed by atoms with Gasteiger partial charge in [0.15, 0.2) is 0 Å². The molecule has 362 valence electrons. The minimum absolute atomic E-state index is 0.0438. The van der Waals surface area contributed by atoms with E-state index in [1.807, 2.05) is 0 Å². The number of aliphatic carboxylic acids is 2. The van der Waals surface area contributed by atoms with Gasteiger partial charge < -0.3 is 24.6 Å². The lowest BCUT2D eigenvalue weighted by Crippen LogP contribution is -2.11. The van der Waals surface area contributed by atoms with Crippen molar-refractivity contribution in [3.8, 4) is 0 Å². The smallest absolute Gasteiger partial charge is 0.306 e. The average Bonchev–Trinajstić information content (AvgIpc) is 3.25. The van der Waals surface area contributed by atoms with Gasteiger partial charge in [-0.05, 0) is 134 Å². The van der Waals surface area contributed by atoms with E-state index < -0.39 is 23.9 Å². The molecule has 0 amide bonds. The van der Waals surface area contributed by atoms with Gasteiger partial charge in [-0.2, -0.15) is 0 Å². The second-order valence-corrected chi connectivity index (χ2v) is 17.7. The molecule has 0 unspecified atom stereocenters. The van der Waals surface area contributed by atoms with Gasteiger partial charge >= 0.3 is 23.9 Å². The number of aryl methyl sites for hydroxylation is 2. The molecule has 0 fully saturated rings. The van der Waals surface area contributed by atoms with E-state index in [9.17, 15) is 19.2 Å². The molecule has 9 heteroatoms. The van der Waals surface area contributed by atoms with Crippen molar-refractivity contribution in [1.82, 2.24) is 4.90 Å². The fourth-order valence-electron chi connectivity index (χ4n) is 7.56. The second-order valence-electron chi connectivity index (χ2n) is 17.7. The molecule has 0 bridgehead atoms. The normalized spacial score (nSPS) is 11.9. The Bertz CT molecular complexity index is 1360. The van der Waals surface area contributed by atoms with Gasteiger partial charge in [-0.25, -0.2) is 0 Å². The molecule has 0 saturated heterocycles. The quantitative estimate of drug-likeness (QED) is 0.0373. The third-order valence-corrected chi connectivity index (χ3v) is 11.1. The Morgan fingerprint density at radius 3 is 1.08 bits per heavy atom. The number of unbranched alkanes of at least 4 members (excludes halogenated alkanes) is 20. The molecule has 0 aliphatic rings. The topological polar surface area (TPSA) is 130 Å². The van der Waals surface area contributed by atoms with Crippen molar-refractivity contribution in [3.63, 3.8) is 0 Å². The zero-order valence-corrected chi connectivity index (χ0v) is 40.4. The van der Waals surface area contributed by atoms with Crippen LogP contribution in [0.4, 0.5) is 0 Å². The molecule has 0 saturated carbocycles. The van der Waals surface area contributed by atoms with Crippen LogP contribution in [0.15, 0.2) is 66.8 Å². The Morgan fingerprint density at radius 1 is 0.422 bits per heavy atom. The first-order valence-corrected chi connectivity index (χ1v) is 25.3. The number of rotatable bonds is 44. The number of allylic oxidation sites excluding steroid dienone is 8. The maximum absolute atomic E-state index is 11.4. The Labute approximate surface area is 389 Å². The van der Waals surface area contributed by atoms with Crippen molar-refractivity contribution >= 4 is 23.9 Å². The second kappa shape index (κ2) is 42.9. The Balaban J connectivity index is 2.05. The number of hydrogen-bond donors (Lipinski definition) is 2. The van der Waals surface area contributed by atoms with E-state index in [-0.39, 0.29) is 25.7 Å². The number of carbonyl (C=O) groups excluding carboxylic acids is 2. The molecule has 0 aromatic heterocycles. The van der Waals surface area contributed by atoms with E-state index in [2.05, 4.69) is 85.8 Å². The predicted octanol–water partition coefficient (Wildman–Crippen LogP) is 14.0. The van der Waals surface area contributed by atoms with Crippen molar-refractivity contribution in [3.05, 3.63) is 83.5 Å². The van der Waals surface area contributed by atoms with Crippen molar-refractivity contribution < 1.29 is 38.9 Å². The highest BCUT2D eigenvalue weighted by Crippen LogP contribution is 2.19. The van der Waals surface area contributed by atoms with Gasteiger partial charge in [0.25, 0.3) is 0 Å². The van der Waals surface area contributed by atoms with Gasteiger partial charge in [-0.1, -0.05) is 144 Å². The van der Waals surface area contributed by atoms with Gasteiger partial charge in [-0.15, -0.1) is 0 Å². The number of nitrogens with zero attached hydrogens (tertiary/aromatic N) is 1. The van der Waals surface area contributed by atoms with Crippen LogP contribution < -0.4 is 0 Å². The Hall–Kier alpha value is -3.98. The maximum atomic E-state index is 11.4. The van der Waals surface area contributed by atoms with E-state index in [4.69, 9.17) is 19.7 Å². The van der Waals surface area contributed by atoms with Crippen LogP contribution in [0.5, 0.6) is 0 Å². The summed E-state index contributed by atoms with van der Waals surface area (Å²) in [7, 11) is 4.32. The summed E-state index contributed by atoms with van der Waals surface area (Å²) < 4.78 is 10.1. The number of ether oxygens (including phenoxy) is 2. The highest BCUT2D eigenvalue weighted by molar-refractivity contribution is 5.77. The fraction of sp³-hybridized carbons (Fsp3) is 0.673. The number of carboxylic acid groups (broad SMARTS) is 2. The Morgan fingerprint density at radius 2 is 0.734 bits per heavy atom. The van der Waals surface area contributed by atoms with Crippen LogP contribution in [0, 0.1) is 0 Å². The summed E-state index contributed by atoms with van der Waals surface area (Å²) in [5.41, 5.74) is 4.46. The zero-order valence-electron chi connectivity index (χ0n) is 40.4. The van der Waals surface area contributed by atoms with Gasteiger partial charge in [-0.3, -0.25) is 19.2 Å². The van der Waals surface area contributed by atoms with E-state index in [0.717, 1.165) is 70.8 Å². The van der Waals surface area contributed by atoms with Crippen molar-refractivity contribution in [2.24, 2.45) is 0 Å². The van der Waals surface area contributed by atoms with Gasteiger partial charge in [0.05, 0.1) is 38.9 Å². The molecule has 9 nitrogen and oxygen atoms in total. The molecule has 1 aromatic rings. The van der Waals surface area contributed by atoms with Crippen LogP contribution in [-0.2, 0) is 48.0 Å². The lowest BCUT2D eigenvalue weighted by Gasteiger charge is -2.14. The van der Waals surface area contributed by atoms with Gasteiger partial charge in [0.2, 0.25) is 0 Å². The molecule has 2 N–H and O–H groups in total. The van der Waals surface area contributed by atoms with E-state index in [1.165, 1.54) is 132 Å². The number of hydrogen-bond acceptors (Lipinski definition) is 7. The third kappa shape index (κ3) is 40.8. The summed E-state index contributed by atoms with van der Waals surface area (Å²) in [5.74, 6) is -2.77. The summed E-state index contributed by atoms with van der Waals surface area (Å²) in [6.45, 7) is 1.79. The number of benzene rings is 1. The first-order chi connectivity index (χ1) is 31.2. The highest BCUT2D eigenvalue weighted by atomic mass is 16.5. The minimum Gasteiger partial charge on any atom is -0.481 e. The van der Waals surface area contributed by atoms with Gasteiger partial charge in [0.1, 0.15) is 0 Å². The highest BCUT2D eigenvalue weighted by Gasteiger charge is 2.08. The number of carboxylic acids is 2. The van der Waals surface area contributed by atoms with Crippen LogP contribution in [0.25, 0.3) is 0 Å². The average molecular weight is 892 g/mol. The third-order valence-electron chi connectivity index (χ3n) is 11.1. The van der Waals surface area contributed by atoms with Crippen LogP contribution in [0.1, 0.15) is 209 Å². The van der Waals surface area contributed by atoms with E-state index >= 15 is 0 Å². The lowest BCUT2D eigenvalue weighted by atomic mass is 9.97. The molecule has 0 spiro atoms. The van der Waals surface area contributed by atoms with Crippen LogP contribution in [-0.4, -0.2) is 66.3 Å². The molecule has 1 aromatic carbocycles. The van der Waals surface area contributed by atoms with Crippen molar-refractivity contribution in [2.45, 2.75) is 212 Å². The summed E-state index contributed by atoms with van der Waals surface area (Å²) >= 11 is 0. The van der Waals surface area contributed by atoms with Crippen molar-refractivity contribution in [2.75, 3.05) is 27.3 Å². The summed E-state index contributed by atoms with van der Waals surface area (Å²) in [4.78, 5) is 46.0. The minimum atomic E-state index is -0.969. The Kier molecular flexibility index (Phi) is 38.9. The monoisotopic (exact) mass is 892 g/mol. The molecular weight excluding hydrogens is 803 g/mol. The molecule has 0 aliphatic heterocycles. The molecule has 64 heavy (non-hydrogen) atoms. The van der Waals surface area contributed by atoms with Crippen LogP contribution >= 0.6 is 0 Å². The van der Waals surface area contributed by atoms with Crippen LogP contribution in [0.2, 0.25) is 0 Å². The standard InChI is InChI=1S/C55H89NO8/c1-56(2)48-51-46-49(37-33-29-25-21-17-13-9-5-3-7-11-15-19-23-27-31-35-43-63-54(61)41-39-52(57)58)45-50(47-51)38-34-30-26-22-18-14-10-6-4-8-12-16-20-24-28-32-36-44-64-55(62)42-40-53(59)60/h3-4,7-10,13-14,45-47H,5-6,11-12,15-44,48H2,1-2H3,(H,57,58)(H,59,60)/b7-3-,8-4-,13-9-,14-10-. The summed E-state index contributed by atoms with van der Waals surface area (Å²) in [6.07, 6.45) is 50.6. The SMILES string of the molecule is CN(C)Cc1cc(CCCCCC/C=C\C/C=C\CCCCCCCCOC(=O)CCC(=O)O)cc(CCCCCC/C=C\C/C=C\CCCCCCCCOC(=O)CCC(=O)O)c1. The van der Waals surface area contributed by atoms with Crippen LogP contribution in [0.3, 0.4) is 0 Å². The fourth-order valence-corrected chi connectivity index (χ4v) is 7.56. The molecule has 0 heterocycles. The zero-order chi connectivity index (χ0) is 46.6. The van der Waals surface area contributed by atoms with E-state index in [0.29, 0.717) is 13.2 Å². The van der Waals surface area contributed by atoms with E-state index in [1.54, 1.807) is 0 Å². The lowest BCUT2D eigenvalue weighted by molar-refractivity contribution is -0.147. The van der Waals surface area contributed by atoms with Gasteiger partial charge in [0, 0.05) is 6.54 Å². The molecular formula is C55H89NO8. The predicted molar refractivity (Wildman–Crippen MR) is 264 cm³/mol. The maximum Gasteiger partial charge on any atom is 0.306 e. The summed E-state index contributed by atoms with van der Waals surface area (Å²) in [6, 6.07) is 7.35. The molecule has 0 atom stereocenters. The molecule has 0 radical (unpaired) electrons. The number of esters is 2. The first-order valence-electron chi connectivity index (χ1n) is 25.3. The largest absolute Gasteiger partial charge is 0.481 e. The molecule has 1 rings (SSSR count).